The number of anilines is 1. The first-order valence-electron chi connectivity index (χ1n) is 6.35. The fourth-order valence-electron chi connectivity index (χ4n) is 2.01. The maximum atomic E-state index is 5.82. The molecule has 0 saturated carbocycles. The van der Waals surface area contributed by atoms with Gasteiger partial charge in [0.15, 0.2) is 0 Å². The number of hydrogen-bond acceptors (Lipinski definition) is 3. The lowest BCUT2D eigenvalue weighted by Crippen LogP contribution is -2.39. The molecule has 0 radical (unpaired) electrons. The Kier molecular flexibility index (Phi) is 6.21. The molecule has 2 N–H and O–H groups in total. The van der Waals surface area contributed by atoms with Gasteiger partial charge in [0.25, 0.3) is 0 Å². The van der Waals surface area contributed by atoms with Gasteiger partial charge >= 0.3 is 0 Å². The summed E-state index contributed by atoms with van der Waals surface area (Å²) >= 11 is 2.25. The van der Waals surface area contributed by atoms with Gasteiger partial charge < -0.3 is 10.5 Å². The Bertz CT molecular complexity index is 372. The van der Waals surface area contributed by atoms with E-state index >= 15 is 0 Å². The van der Waals surface area contributed by atoms with E-state index in [0.717, 1.165) is 21.6 Å². The Morgan fingerprint density at radius 3 is 2.33 bits per heavy atom. The van der Waals surface area contributed by atoms with Crippen LogP contribution < -0.4 is 10.5 Å². The highest BCUT2D eigenvalue weighted by Gasteiger charge is 2.13. The van der Waals surface area contributed by atoms with Crippen LogP contribution in [-0.4, -0.2) is 30.1 Å². The minimum Gasteiger partial charge on any atom is -0.491 e. The van der Waals surface area contributed by atoms with Crippen LogP contribution in [0.15, 0.2) is 18.2 Å². The average Bonchev–Trinajstić information content (AvgIpc) is 2.25. The van der Waals surface area contributed by atoms with E-state index in [1.54, 1.807) is 0 Å². The van der Waals surface area contributed by atoms with Crippen LogP contribution in [-0.2, 0) is 0 Å². The van der Waals surface area contributed by atoms with Gasteiger partial charge in [0, 0.05) is 24.3 Å². The third-order valence-electron chi connectivity index (χ3n) is 2.89. The number of ether oxygens (including phenoxy) is 1. The highest BCUT2D eigenvalue weighted by Crippen LogP contribution is 2.23. The van der Waals surface area contributed by atoms with E-state index in [-0.39, 0.29) is 0 Å². The van der Waals surface area contributed by atoms with E-state index < -0.39 is 0 Å². The largest absolute Gasteiger partial charge is 0.491 e. The number of hydrogen-bond donors (Lipinski definition) is 1. The second-order valence-electron chi connectivity index (χ2n) is 4.96. The average molecular weight is 362 g/mol. The molecule has 0 unspecified atom stereocenters. The molecule has 0 fully saturated rings. The maximum Gasteiger partial charge on any atom is 0.132 e. The van der Waals surface area contributed by atoms with Gasteiger partial charge in [-0.05, 0) is 68.5 Å². The van der Waals surface area contributed by atoms with Crippen molar-refractivity contribution in [3.63, 3.8) is 0 Å². The normalized spacial score (nSPS) is 11.6. The summed E-state index contributed by atoms with van der Waals surface area (Å²) in [4.78, 5) is 2.42. The Hall–Kier alpha value is -0.490. The lowest BCUT2D eigenvalue weighted by Gasteiger charge is -2.30. The molecule has 18 heavy (non-hydrogen) atoms. The zero-order valence-electron chi connectivity index (χ0n) is 11.6. The summed E-state index contributed by atoms with van der Waals surface area (Å²) in [5.74, 6) is 0.914. The van der Waals surface area contributed by atoms with Crippen molar-refractivity contribution >= 4 is 28.3 Å². The summed E-state index contributed by atoms with van der Waals surface area (Å²) in [7, 11) is 0. The van der Waals surface area contributed by atoms with Gasteiger partial charge in [-0.15, -0.1) is 0 Å². The lowest BCUT2D eigenvalue weighted by molar-refractivity contribution is 0.141. The summed E-state index contributed by atoms with van der Waals surface area (Å²) in [6.07, 6.45) is 0. The SMILES string of the molecule is CC(C)N(CCOc1ccc(N)cc1I)C(C)C. The van der Waals surface area contributed by atoms with Crippen LogP contribution in [0.3, 0.4) is 0 Å². The van der Waals surface area contributed by atoms with Crippen molar-refractivity contribution in [3.8, 4) is 5.75 Å². The minimum absolute atomic E-state index is 0.541. The minimum atomic E-state index is 0.541. The molecule has 0 bridgehead atoms. The monoisotopic (exact) mass is 362 g/mol. The van der Waals surface area contributed by atoms with E-state index in [1.807, 2.05) is 18.2 Å². The van der Waals surface area contributed by atoms with Crippen LogP contribution in [0.25, 0.3) is 0 Å². The first kappa shape index (κ1) is 15.6. The van der Waals surface area contributed by atoms with Gasteiger partial charge in [0.2, 0.25) is 0 Å². The van der Waals surface area contributed by atoms with Crippen LogP contribution in [0.5, 0.6) is 5.75 Å². The molecule has 0 heterocycles. The Morgan fingerprint density at radius 2 is 1.83 bits per heavy atom. The molecule has 0 aliphatic rings. The van der Waals surface area contributed by atoms with Gasteiger partial charge in [0.1, 0.15) is 12.4 Å². The summed E-state index contributed by atoms with van der Waals surface area (Å²) in [6, 6.07) is 6.82. The van der Waals surface area contributed by atoms with E-state index in [0.29, 0.717) is 18.7 Å². The van der Waals surface area contributed by atoms with E-state index in [9.17, 15) is 0 Å². The first-order chi connectivity index (χ1) is 8.41. The van der Waals surface area contributed by atoms with E-state index in [4.69, 9.17) is 10.5 Å². The van der Waals surface area contributed by atoms with Gasteiger partial charge in [0.05, 0.1) is 3.57 Å². The highest BCUT2D eigenvalue weighted by atomic mass is 127. The molecule has 0 saturated heterocycles. The maximum absolute atomic E-state index is 5.82. The van der Waals surface area contributed by atoms with Crippen molar-refractivity contribution in [2.24, 2.45) is 0 Å². The number of nitrogen functional groups attached to an aromatic ring is 1. The van der Waals surface area contributed by atoms with Crippen molar-refractivity contribution in [2.75, 3.05) is 18.9 Å². The Balaban J connectivity index is 2.50. The summed E-state index contributed by atoms with van der Waals surface area (Å²) < 4.78 is 6.88. The molecule has 1 rings (SSSR count). The van der Waals surface area contributed by atoms with Crippen molar-refractivity contribution in [2.45, 2.75) is 39.8 Å². The van der Waals surface area contributed by atoms with Crippen LogP contribution in [0.1, 0.15) is 27.7 Å². The third kappa shape index (κ3) is 4.65. The molecular formula is C14H23IN2O. The van der Waals surface area contributed by atoms with Crippen molar-refractivity contribution in [3.05, 3.63) is 21.8 Å². The molecule has 1 aromatic carbocycles. The second-order valence-corrected chi connectivity index (χ2v) is 6.13. The van der Waals surface area contributed by atoms with Crippen LogP contribution in [0.2, 0.25) is 0 Å². The molecule has 0 spiro atoms. The second kappa shape index (κ2) is 7.19. The Labute approximate surface area is 124 Å². The fourth-order valence-corrected chi connectivity index (χ4v) is 2.70. The molecule has 4 heteroatoms. The van der Waals surface area contributed by atoms with Crippen molar-refractivity contribution in [1.29, 1.82) is 0 Å². The topological polar surface area (TPSA) is 38.5 Å². The molecule has 102 valence electrons. The molecule has 1 aromatic rings. The molecular weight excluding hydrogens is 339 g/mol. The smallest absolute Gasteiger partial charge is 0.132 e. The van der Waals surface area contributed by atoms with Crippen LogP contribution in [0, 0.1) is 3.57 Å². The molecule has 3 nitrogen and oxygen atoms in total. The van der Waals surface area contributed by atoms with Gasteiger partial charge in [-0.3, -0.25) is 4.90 Å². The summed E-state index contributed by atoms with van der Waals surface area (Å²) in [5, 5.41) is 0. The van der Waals surface area contributed by atoms with E-state index in [1.165, 1.54) is 0 Å². The summed E-state index contributed by atoms with van der Waals surface area (Å²) in [6.45, 7) is 10.5. The number of nitrogens with two attached hydrogens (primary N) is 1. The molecule has 0 aliphatic carbocycles. The van der Waals surface area contributed by atoms with Crippen molar-refractivity contribution in [1.82, 2.24) is 4.90 Å². The molecule has 0 amide bonds. The van der Waals surface area contributed by atoms with Crippen LogP contribution >= 0.6 is 22.6 Å². The number of benzene rings is 1. The fraction of sp³-hybridized carbons (Fsp3) is 0.571. The molecule has 0 atom stereocenters. The third-order valence-corrected chi connectivity index (χ3v) is 3.73. The zero-order chi connectivity index (χ0) is 13.7. The van der Waals surface area contributed by atoms with E-state index in [2.05, 4.69) is 55.2 Å². The Morgan fingerprint density at radius 1 is 1.22 bits per heavy atom. The standard InChI is InChI=1S/C14H23IN2O/c1-10(2)17(11(3)4)7-8-18-14-6-5-12(16)9-13(14)15/h5-6,9-11H,7-8,16H2,1-4H3. The molecule has 0 aromatic heterocycles. The van der Waals surface area contributed by atoms with Gasteiger partial charge in [-0.25, -0.2) is 0 Å². The number of halogens is 1. The number of nitrogens with zero attached hydrogens (tertiary/aromatic N) is 1. The molecule has 0 aliphatic heterocycles. The highest BCUT2D eigenvalue weighted by molar-refractivity contribution is 14.1. The van der Waals surface area contributed by atoms with Gasteiger partial charge in [-0.1, -0.05) is 0 Å². The quantitative estimate of drug-likeness (QED) is 0.623. The predicted molar refractivity (Wildman–Crippen MR) is 86.0 cm³/mol. The van der Waals surface area contributed by atoms with Crippen molar-refractivity contribution < 1.29 is 4.74 Å². The lowest BCUT2D eigenvalue weighted by atomic mass is 10.2. The summed E-state index contributed by atoms with van der Waals surface area (Å²) in [5.41, 5.74) is 6.49. The first-order valence-corrected chi connectivity index (χ1v) is 7.43. The predicted octanol–water partition coefficient (Wildman–Crippen LogP) is 3.37. The zero-order valence-corrected chi connectivity index (χ0v) is 13.8. The van der Waals surface area contributed by atoms with Gasteiger partial charge in [-0.2, -0.15) is 0 Å². The van der Waals surface area contributed by atoms with Crippen LogP contribution in [0.4, 0.5) is 5.69 Å². The number of rotatable bonds is 6.